The second-order valence-corrected chi connectivity index (χ2v) is 5.95. The van der Waals surface area contributed by atoms with Gasteiger partial charge in [-0.15, -0.1) is 11.3 Å². The molecule has 2 heterocycles. The van der Waals surface area contributed by atoms with Crippen LogP contribution in [0.2, 0.25) is 5.02 Å². The number of hydrogen-bond donors (Lipinski definition) is 1. The van der Waals surface area contributed by atoms with Crippen LogP contribution in [-0.4, -0.2) is 18.1 Å². The summed E-state index contributed by atoms with van der Waals surface area (Å²) in [4.78, 5) is 8.08. The van der Waals surface area contributed by atoms with Crippen LogP contribution in [0.25, 0.3) is 0 Å². The van der Waals surface area contributed by atoms with E-state index in [1.807, 2.05) is 0 Å². The Labute approximate surface area is 129 Å². The third-order valence-electron chi connectivity index (χ3n) is 3.12. The van der Waals surface area contributed by atoms with Crippen molar-refractivity contribution in [3.8, 4) is 0 Å². The first-order chi connectivity index (χ1) is 9.74. The van der Waals surface area contributed by atoms with Crippen molar-refractivity contribution in [2.75, 3.05) is 18.0 Å². The lowest BCUT2D eigenvalue weighted by Gasteiger charge is -2.22. The van der Waals surface area contributed by atoms with E-state index in [0.717, 1.165) is 42.6 Å². The standard InChI is InChI=1S/C15H20ClN3S/c1-3-17-9-12-8-15(18-10-14(12)16)19(4-2)11-13-6-5-7-20-13/h5-8,10,17H,3-4,9,11H2,1-2H3. The Kier molecular flexibility index (Phi) is 5.83. The van der Waals surface area contributed by atoms with Crippen LogP contribution in [-0.2, 0) is 13.1 Å². The number of nitrogens with one attached hydrogen (secondary N) is 1. The van der Waals surface area contributed by atoms with E-state index >= 15 is 0 Å². The lowest BCUT2D eigenvalue weighted by molar-refractivity contribution is 0.724. The fourth-order valence-electron chi connectivity index (χ4n) is 1.98. The van der Waals surface area contributed by atoms with Crippen molar-refractivity contribution in [1.29, 1.82) is 0 Å². The van der Waals surface area contributed by atoms with Crippen molar-refractivity contribution >= 4 is 28.8 Å². The van der Waals surface area contributed by atoms with Crippen LogP contribution in [0.15, 0.2) is 29.8 Å². The molecule has 2 aromatic heterocycles. The van der Waals surface area contributed by atoms with Gasteiger partial charge in [0.1, 0.15) is 5.82 Å². The maximum absolute atomic E-state index is 6.20. The molecule has 0 radical (unpaired) electrons. The first kappa shape index (κ1) is 15.3. The summed E-state index contributed by atoms with van der Waals surface area (Å²) in [5.74, 6) is 0.984. The molecule has 0 unspecified atom stereocenters. The molecule has 2 aromatic rings. The van der Waals surface area contributed by atoms with E-state index < -0.39 is 0 Å². The summed E-state index contributed by atoms with van der Waals surface area (Å²) in [6.07, 6.45) is 1.75. The summed E-state index contributed by atoms with van der Waals surface area (Å²) in [5, 5.41) is 6.14. The average Bonchev–Trinajstić information content (AvgIpc) is 2.97. The van der Waals surface area contributed by atoms with Gasteiger partial charge in [0.15, 0.2) is 0 Å². The zero-order valence-corrected chi connectivity index (χ0v) is 13.5. The Morgan fingerprint density at radius 1 is 1.40 bits per heavy atom. The number of rotatable bonds is 7. The zero-order chi connectivity index (χ0) is 14.4. The van der Waals surface area contributed by atoms with Crippen LogP contribution in [0.1, 0.15) is 24.3 Å². The van der Waals surface area contributed by atoms with Gasteiger partial charge in [-0.2, -0.15) is 0 Å². The lowest BCUT2D eigenvalue weighted by Crippen LogP contribution is -2.23. The van der Waals surface area contributed by atoms with Gasteiger partial charge in [-0.25, -0.2) is 4.98 Å². The maximum Gasteiger partial charge on any atom is 0.129 e. The quantitative estimate of drug-likeness (QED) is 0.840. The van der Waals surface area contributed by atoms with Crippen molar-refractivity contribution < 1.29 is 0 Å². The molecule has 0 aliphatic carbocycles. The van der Waals surface area contributed by atoms with E-state index in [1.54, 1.807) is 17.5 Å². The molecule has 0 atom stereocenters. The number of hydrogen-bond acceptors (Lipinski definition) is 4. The molecule has 0 aliphatic heterocycles. The second-order valence-electron chi connectivity index (χ2n) is 4.51. The fourth-order valence-corrected chi connectivity index (χ4v) is 2.87. The third kappa shape index (κ3) is 3.95. The Morgan fingerprint density at radius 3 is 2.90 bits per heavy atom. The number of thiophene rings is 1. The molecule has 0 aliphatic rings. The Bertz CT molecular complexity index is 528. The smallest absolute Gasteiger partial charge is 0.129 e. The summed E-state index contributed by atoms with van der Waals surface area (Å²) >= 11 is 7.98. The molecule has 0 bridgehead atoms. The molecular weight excluding hydrogens is 290 g/mol. The average molecular weight is 310 g/mol. The van der Waals surface area contributed by atoms with E-state index in [-0.39, 0.29) is 0 Å². The molecule has 108 valence electrons. The molecule has 0 fully saturated rings. The lowest BCUT2D eigenvalue weighted by atomic mass is 10.2. The van der Waals surface area contributed by atoms with Crippen LogP contribution in [0.4, 0.5) is 5.82 Å². The van der Waals surface area contributed by atoms with Crippen LogP contribution < -0.4 is 10.2 Å². The fraction of sp³-hybridized carbons (Fsp3) is 0.400. The highest BCUT2D eigenvalue weighted by molar-refractivity contribution is 7.09. The van der Waals surface area contributed by atoms with Gasteiger partial charge in [-0.05, 0) is 36.5 Å². The second kappa shape index (κ2) is 7.62. The van der Waals surface area contributed by atoms with Gasteiger partial charge >= 0.3 is 0 Å². The topological polar surface area (TPSA) is 28.2 Å². The predicted octanol–water partition coefficient (Wildman–Crippen LogP) is 3.93. The van der Waals surface area contributed by atoms with E-state index in [1.165, 1.54) is 4.88 Å². The first-order valence-electron chi connectivity index (χ1n) is 6.87. The molecule has 5 heteroatoms. The van der Waals surface area contributed by atoms with E-state index in [0.29, 0.717) is 0 Å². The van der Waals surface area contributed by atoms with E-state index in [4.69, 9.17) is 11.6 Å². The van der Waals surface area contributed by atoms with E-state index in [9.17, 15) is 0 Å². The van der Waals surface area contributed by atoms with Crippen molar-refractivity contribution in [2.45, 2.75) is 26.9 Å². The van der Waals surface area contributed by atoms with Crippen molar-refractivity contribution in [3.05, 3.63) is 45.2 Å². The van der Waals surface area contributed by atoms with Gasteiger partial charge in [0.2, 0.25) is 0 Å². The Hall–Kier alpha value is -1.10. The summed E-state index contributed by atoms with van der Waals surface area (Å²) in [7, 11) is 0. The van der Waals surface area contributed by atoms with Gasteiger partial charge in [0, 0.05) is 24.2 Å². The highest BCUT2D eigenvalue weighted by Crippen LogP contribution is 2.22. The van der Waals surface area contributed by atoms with Gasteiger partial charge in [0.05, 0.1) is 11.6 Å². The number of pyridine rings is 1. The summed E-state index contributed by atoms with van der Waals surface area (Å²) in [6, 6.07) is 6.32. The highest BCUT2D eigenvalue weighted by Gasteiger charge is 2.10. The zero-order valence-electron chi connectivity index (χ0n) is 11.9. The SMILES string of the molecule is CCNCc1cc(N(CC)Cc2cccs2)ncc1Cl. The van der Waals surface area contributed by atoms with Gasteiger partial charge in [0.25, 0.3) is 0 Å². The van der Waals surface area contributed by atoms with E-state index in [2.05, 4.69) is 52.6 Å². The molecule has 3 nitrogen and oxygen atoms in total. The highest BCUT2D eigenvalue weighted by atomic mass is 35.5. The number of aromatic nitrogens is 1. The molecule has 0 aromatic carbocycles. The number of anilines is 1. The normalized spacial score (nSPS) is 10.8. The third-order valence-corrected chi connectivity index (χ3v) is 4.32. The minimum Gasteiger partial charge on any atom is -0.352 e. The maximum atomic E-state index is 6.20. The van der Waals surface area contributed by atoms with Crippen molar-refractivity contribution in [3.63, 3.8) is 0 Å². The van der Waals surface area contributed by atoms with Crippen LogP contribution >= 0.6 is 22.9 Å². The number of halogens is 1. The van der Waals surface area contributed by atoms with Crippen molar-refractivity contribution in [2.24, 2.45) is 0 Å². The summed E-state index contributed by atoms with van der Waals surface area (Å²) in [5.41, 5.74) is 1.10. The first-order valence-corrected chi connectivity index (χ1v) is 8.12. The molecule has 0 saturated carbocycles. The Morgan fingerprint density at radius 2 is 2.25 bits per heavy atom. The monoisotopic (exact) mass is 309 g/mol. The van der Waals surface area contributed by atoms with Crippen LogP contribution in [0.3, 0.4) is 0 Å². The van der Waals surface area contributed by atoms with Crippen molar-refractivity contribution in [1.82, 2.24) is 10.3 Å². The summed E-state index contributed by atoms with van der Waals surface area (Å²) < 4.78 is 0. The Balaban J connectivity index is 2.16. The number of nitrogens with zero attached hydrogens (tertiary/aromatic N) is 2. The molecule has 20 heavy (non-hydrogen) atoms. The molecule has 0 saturated heterocycles. The summed E-state index contributed by atoms with van der Waals surface area (Å²) in [6.45, 7) is 7.76. The molecular formula is C15H20ClN3S. The molecule has 1 N–H and O–H groups in total. The predicted molar refractivity (Wildman–Crippen MR) is 87.7 cm³/mol. The largest absolute Gasteiger partial charge is 0.352 e. The molecule has 0 amide bonds. The van der Waals surface area contributed by atoms with Crippen LogP contribution in [0.5, 0.6) is 0 Å². The van der Waals surface area contributed by atoms with Gasteiger partial charge in [-0.1, -0.05) is 24.6 Å². The minimum atomic E-state index is 0.724. The minimum absolute atomic E-state index is 0.724. The molecule has 2 rings (SSSR count). The molecule has 0 spiro atoms. The van der Waals surface area contributed by atoms with Crippen LogP contribution in [0, 0.1) is 0 Å². The van der Waals surface area contributed by atoms with Gasteiger partial charge in [-0.3, -0.25) is 0 Å². The van der Waals surface area contributed by atoms with Gasteiger partial charge < -0.3 is 10.2 Å².